The van der Waals surface area contributed by atoms with Gasteiger partial charge in [-0.1, -0.05) is 5.16 Å². The highest BCUT2D eigenvalue weighted by Gasteiger charge is 2.24. The first-order valence-electron chi connectivity index (χ1n) is 6.05. The molecule has 19 heavy (non-hydrogen) atoms. The fourth-order valence-corrected chi connectivity index (χ4v) is 2.15. The van der Waals surface area contributed by atoms with Crippen molar-refractivity contribution in [1.82, 2.24) is 10.1 Å². The number of amides is 1. The first-order chi connectivity index (χ1) is 9.06. The largest absolute Gasteiger partial charge is 0.337 e. The van der Waals surface area contributed by atoms with Crippen molar-refractivity contribution in [3.8, 4) is 11.4 Å². The van der Waals surface area contributed by atoms with Crippen LogP contribution in [0.2, 0.25) is 0 Å². The summed E-state index contributed by atoms with van der Waals surface area (Å²) in [6.45, 7) is 1.79. The standard InChI is InChI=1S/C13H14N4O2/c1-7(14)13-15-12(16-19-13)8-3-4-10-9(5-8)6-11(18)17(10)2/h3-5,7H,6,14H2,1-2H3. The molecule has 0 saturated carbocycles. The Hall–Kier alpha value is -2.21. The maximum Gasteiger partial charge on any atom is 0.243 e. The van der Waals surface area contributed by atoms with E-state index in [1.807, 2.05) is 18.2 Å². The van der Waals surface area contributed by atoms with Crippen LogP contribution in [0.25, 0.3) is 11.4 Å². The lowest BCUT2D eigenvalue weighted by Crippen LogP contribution is -2.20. The predicted octanol–water partition coefficient (Wildman–Crippen LogP) is 1.28. The smallest absolute Gasteiger partial charge is 0.243 e. The Labute approximate surface area is 110 Å². The van der Waals surface area contributed by atoms with E-state index in [9.17, 15) is 4.79 Å². The van der Waals surface area contributed by atoms with Crippen molar-refractivity contribution in [1.29, 1.82) is 0 Å². The molecule has 1 amide bonds. The van der Waals surface area contributed by atoms with Crippen molar-refractivity contribution in [3.05, 3.63) is 29.7 Å². The fourth-order valence-electron chi connectivity index (χ4n) is 2.15. The van der Waals surface area contributed by atoms with Crippen molar-refractivity contribution in [2.75, 3.05) is 11.9 Å². The van der Waals surface area contributed by atoms with Gasteiger partial charge in [-0.3, -0.25) is 4.79 Å². The second-order valence-corrected chi connectivity index (χ2v) is 4.72. The fraction of sp³-hybridized carbons (Fsp3) is 0.308. The minimum Gasteiger partial charge on any atom is -0.337 e. The second-order valence-electron chi connectivity index (χ2n) is 4.72. The van der Waals surface area contributed by atoms with Gasteiger partial charge in [0.25, 0.3) is 0 Å². The Kier molecular flexibility index (Phi) is 2.60. The monoisotopic (exact) mass is 258 g/mol. The van der Waals surface area contributed by atoms with Gasteiger partial charge in [-0.15, -0.1) is 0 Å². The minimum absolute atomic E-state index is 0.0940. The van der Waals surface area contributed by atoms with Gasteiger partial charge in [-0.2, -0.15) is 4.98 Å². The molecule has 3 rings (SSSR count). The normalized spacial score (nSPS) is 15.7. The molecule has 2 N–H and O–H groups in total. The number of hydrogen-bond donors (Lipinski definition) is 1. The zero-order valence-electron chi connectivity index (χ0n) is 10.8. The van der Waals surface area contributed by atoms with Crippen molar-refractivity contribution in [3.63, 3.8) is 0 Å². The summed E-state index contributed by atoms with van der Waals surface area (Å²) < 4.78 is 5.08. The highest BCUT2D eigenvalue weighted by Crippen LogP contribution is 2.31. The molecule has 1 aliphatic heterocycles. The molecular formula is C13H14N4O2. The van der Waals surface area contributed by atoms with Crippen molar-refractivity contribution in [2.45, 2.75) is 19.4 Å². The SMILES string of the molecule is CC(N)c1nc(-c2ccc3c(c2)CC(=O)N3C)no1. The summed E-state index contributed by atoms with van der Waals surface area (Å²) in [6.07, 6.45) is 0.414. The molecule has 1 aliphatic rings. The summed E-state index contributed by atoms with van der Waals surface area (Å²) in [4.78, 5) is 17.5. The predicted molar refractivity (Wildman–Crippen MR) is 69.5 cm³/mol. The minimum atomic E-state index is -0.289. The van der Waals surface area contributed by atoms with E-state index in [0.717, 1.165) is 16.8 Å². The summed E-state index contributed by atoms with van der Waals surface area (Å²) >= 11 is 0. The van der Waals surface area contributed by atoms with E-state index in [-0.39, 0.29) is 11.9 Å². The van der Waals surface area contributed by atoms with Gasteiger partial charge in [0.2, 0.25) is 17.6 Å². The molecule has 0 radical (unpaired) electrons. The van der Waals surface area contributed by atoms with E-state index < -0.39 is 0 Å². The third kappa shape index (κ3) is 1.90. The summed E-state index contributed by atoms with van der Waals surface area (Å²) in [6, 6.07) is 5.41. The van der Waals surface area contributed by atoms with E-state index >= 15 is 0 Å². The summed E-state index contributed by atoms with van der Waals surface area (Å²) in [5.74, 6) is 0.998. The Bertz CT molecular complexity index is 648. The van der Waals surface area contributed by atoms with Crippen LogP contribution in [0, 0.1) is 0 Å². The Morgan fingerprint density at radius 2 is 2.26 bits per heavy atom. The number of carbonyl (C=O) groups is 1. The van der Waals surface area contributed by atoms with Gasteiger partial charge in [-0.25, -0.2) is 0 Å². The number of benzene rings is 1. The lowest BCUT2D eigenvalue weighted by Gasteiger charge is -2.09. The maximum atomic E-state index is 11.6. The maximum absolute atomic E-state index is 11.6. The van der Waals surface area contributed by atoms with Gasteiger partial charge in [0.05, 0.1) is 12.5 Å². The zero-order valence-corrected chi connectivity index (χ0v) is 10.8. The number of rotatable bonds is 2. The van der Waals surface area contributed by atoms with Gasteiger partial charge >= 0.3 is 0 Å². The lowest BCUT2D eigenvalue weighted by molar-refractivity contribution is -0.117. The zero-order chi connectivity index (χ0) is 13.6. The second kappa shape index (κ2) is 4.17. The third-order valence-corrected chi connectivity index (χ3v) is 3.25. The summed E-state index contributed by atoms with van der Waals surface area (Å²) in [7, 11) is 1.77. The van der Waals surface area contributed by atoms with Gasteiger partial charge < -0.3 is 15.2 Å². The Morgan fingerprint density at radius 3 is 2.95 bits per heavy atom. The molecule has 6 nitrogen and oxygen atoms in total. The quantitative estimate of drug-likeness (QED) is 0.876. The molecule has 0 bridgehead atoms. The molecule has 0 saturated heterocycles. The van der Waals surface area contributed by atoms with Gasteiger partial charge in [-0.05, 0) is 30.7 Å². The molecule has 1 unspecified atom stereocenters. The molecule has 0 fully saturated rings. The van der Waals surface area contributed by atoms with E-state index in [4.69, 9.17) is 10.3 Å². The number of carbonyl (C=O) groups excluding carboxylic acids is 1. The summed E-state index contributed by atoms with van der Waals surface area (Å²) in [5, 5.41) is 3.91. The van der Waals surface area contributed by atoms with Crippen molar-refractivity contribution in [2.24, 2.45) is 5.73 Å². The molecule has 1 aromatic heterocycles. The van der Waals surface area contributed by atoms with E-state index in [1.54, 1.807) is 18.9 Å². The first-order valence-corrected chi connectivity index (χ1v) is 6.05. The topological polar surface area (TPSA) is 85.2 Å². The molecule has 6 heteroatoms. The van der Waals surface area contributed by atoms with Crippen LogP contribution in [0.1, 0.15) is 24.4 Å². The molecule has 1 atom stereocenters. The van der Waals surface area contributed by atoms with Crippen LogP contribution >= 0.6 is 0 Å². The van der Waals surface area contributed by atoms with Crippen molar-refractivity contribution >= 4 is 11.6 Å². The molecule has 1 aromatic carbocycles. The van der Waals surface area contributed by atoms with E-state index in [1.165, 1.54) is 0 Å². The average Bonchev–Trinajstić information content (AvgIpc) is 2.96. The van der Waals surface area contributed by atoms with Crippen LogP contribution in [0.5, 0.6) is 0 Å². The number of nitrogens with two attached hydrogens (primary N) is 1. The van der Waals surface area contributed by atoms with Crippen LogP contribution in [0.15, 0.2) is 22.7 Å². The van der Waals surface area contributed by atoms with Crippen LogP contribution in [-0.2, 0) is 11.2 Å². The number of anilines is 1. The molecule has 0 aliphatic carbocycles. The van der Waals surface area contributed by atoms with Crippen LogP contribution < -0.4 is 10.6 Å². The number of aromatic nitrogens is 2. The van der Waals surface area contributed by atoms with Crippen molar-refractivity contribution < 1.29 is 9.32 Å². The molecule has 2 aromatic rings. The lowest BCUT2D eigenvalue weighted by atomic mass is 10.1. The Morgan fingerprint density at radius 1 is 1.47 bits per heavy atom. The molecule has 98 valence electrons. The number of hydrogen-bond acceptors (Lipinski definition) is 5. The highest BCUT2D eigenvalue weighted by molar-refractivity contribution is 6.01. The van der Waals surface area contributed by atoms with Crippen LogP contribution in [0.3, 0.4) is 0 Å². The molecule has 2 heterocycles. The van der Waals surface area contributed by atoms with Gasteiger partial charge in [0.1, 0.15) is 0 Å². The van der Waals surface area contributed by atoms with Gasteiger partial charge in [0, 0.05) is 18.3 Å². The average molecular weight is 258 g/mol. The first kappa shape index (κ1) is 11.9. The third-order valence-electron chi connectivity index (χ3n) is 3.25. The van der Waals surface area contributed by atoms with Gasteiger partial charge in [0.15, 0.2) is 0 Å². The molecular weight excluding hydrogens is 244 g/mol. The van der Waals surface area contributed by atoms with E-state index in [0.29, 0.717) is 18.1 Å². The van der Waals surface area contributed by atoms with Crippen LogP contribution in [-0.4, -0.2) is 23.1 Å². The number of likely N-dealkylation sites (N-methyl/N-ethyl adjacent to an activating group) is 1. The number of nitrogens with zero attached hydrogens (tertiary/aromatic N) is 3. The number of fused-ring (bicyclic) bond motifs is 1. The van der Waals surface area contributed by atoms with Crippen LogP contribution in [0.4, 0.5) is 5.69 Å². The highest BCUT2D eigenvalue weighted by atomic mass is 16.5. The summed E-state index contributed by atoms with van der Waals surface area (Å²) in [5.41, 5.74) is 8.43. The molecule has 0 spiro atoms. The van der Waals surface area contributed by atoms with E-state index in [2.05, 4.69) is 10.1 Å². The Balaban J connectivity index is 1.99.